The lowest BCUT2D eigenvalue weighted by molar-refractivity contribution is 0.692. The Morgan fingerprint density at radius 2 is 1.55 bits per heavy atom. The number of hydrogen-bond acceptors (Lipinski definition) is 2. The third kappa shape index (κ3) is 4.66. The molecule has 0 fully saturated rings. The van der Waals surface area contributed by atoms with Gasteiger partial charge in [0.25, 0.3) is 0 Å². The third-order valence-electron chi connectivity index (χ3n) is 4.14. The second kappa shape index (κ2) is 9.34. The van der Waals surface area contributed by atoms with Gasteiger partial charge in [0.2, 0.25) is 0 Å². The molecule has 2 aromatic rings. The summed E-state index contributed by atoms with van der Waals surface area (Å²) in [6.07, 6.45) is 13.7. The van der Waals surface area contributed by atoms with Crippen molar-refractivity contribution in [2.24, 2.45) is 0 Å². The van der Waals surface area contributed by atoms with Crippen molar-refractivity contribution in [3.8, 4) is 11.4 Å². The summed E-state index contributed by atoms with van der Waals surface area (Å²) in [5.41, 5.74) is 4.99. The van der Waals surface area contributed by atoms with E-state index >= 15 is 0 Å². The maximum atomic E-state index is 4.65. The summed E-state index contributed by atoms with van der Waals surface area (Å²) in [5, 5.41) is 0. The molecule has 0 aliphatic heterocycles. The molecule has 2 heteroatoms. The average molecular weight is 296 g/mol. The van der Waals surface area contributed by atoms with E-state index in [4.69, 9.17) is 0 Å². The summed E-state index contributed by atoms with van der Waals surface area (Å²) in [6, 6.07) is 8.29. The monoisotopic (exact) mass is 296 g/mol. The maximum absolute atomic E-state index is 4.65. The number of aryl methyl sites for hydroxylation is 1. The van der Waals surface area contributed by atoms with Crippen LogP contribution in [0.4, 0.5) is 0 Å². The van der Waals surface area contributed by atoms with Crippen molar-refractivity contribution in [3.05, 3.63) is 47.8 Å². The Bertz CT molecular complexity index is 549. The predicted molar refractivity (Wildman–Crippen MR) is 93.9 cm³/mol. The quantitative estimate of drug-likeness (QED) is 0.562. The van der Waals surface area contributed by atoms with Crippen molar-refractivity contribution in [3.63, 3.8) is 0 Å². The van der Waals surface area contributed by atoms with Crippen LogP contribution in [0.3, 0.4) is 0 Å². The van der Waals surface area contributed by atoms with Crippen molar-refractivity contribution >= 4 is 0 Å². The molecule has 0 aromatic carbocycles. The average Bonchev–Trinajstić information content (AvgIpc) is 2.57. The normalized spacial score (nSPS) is 10.8. The van der Waals surface area contributed by atoms with Crippen molar-refractivity contribution in [2.75, 3.05) is 0 Å². The minimum absolute atomic E-state index is 1.01. The van der Waals surface area contributed by atoms with E-state index in [2.05, 4.69) is 35.9 Å². The Labute approximate surface area is 135 Å². The van der Waals surface area contributed by atoms with Crippen LogP contribution in [0.2, 0.25) is 0 Å². The van der Waals surface area contributed by atoms with Crippen LogP contribution in [0.15, 0.2) is 36.7 Å². The highest BCUT2D eigenvalue weighted by atomic mass is 14.8. The molecule has 0 N–H and O–H groups in total. The lowest BCUT2D eigenvalue weighted by atomic mass is 9.95. The van der Waals surface area contributed by atoms with Crippen molar-refractivity contribution < 1.29 is 0 Å². The number of hydrogen-bond donors (Lipinski definition) is 0. The summed E-state index contributed by atoms with van der Waals surface area (Å²) < 4.78 is 0. The molecule has 0 spiro atoms. The largest absolute Gasteiger partial charge is 0.255 e. The molecular weight excluding hydrogens is 268 g/mol. The van der Waals surface area contributed by atoms with Crippen LogP contribution in [0.1, 0.15) is 63.5 Å². The second-order valence-electron chi connectivity index (χ2n) is 5.93. The number of unbranched alkanes of at least 4 members (excludes halogenated alkanes) is 4. The lowest BCUT2D eigenvalue weighted by Crippen LogP contribution is -2.02. The molecule has 0 aliphatic carbocycles. The molecular formula is C20H28N2. The van der Waals surface area contributed by atoms with Gasteiger partial charge in [-0.1, -0.05) is 45.6 Å². The molecule has 0 atom stereocenters. The van der Waals surface area contributed by atoms with Crippen LogP contribution in [-0.2, 0) is 12.8 Å². The van der Waals surface area contributed by atoms with Gasteiger partial charge in [-0.3, -0.25) is 9.97 Å². The van der Waals surface area contributed by atoms with Crippen LogP contribution in [0, 0.1) is 0 Å². The lowest BCUT2D eigenvalue weighted by Gasteiger charge is -2.14. The fourth-order valence-electron chi connectivity index (χ4n) is 2.89. The number of aromatic nitrogens is 2. The van der Waals surface area contributed by atoms with E-state index in [-0.39, 0.29) is 0 Å². The molecule has 0 radical (unpaired) electrons. The first-order valence-corrected chi connectivity index (χ1v) is 8.75. The smallest absolute Gasteiger partial charge is 0.0920 e. The van der Waals surface area contributed by atoms with E-state index in [1.165, 1.54) is 49.7 Å². The third-order valence-corrected chi connectivity index (χ3v) is 4.14. The Balaban J connectivity index is 2.28. The first-order chi connectivity index (χ1) is 10.9. The fraction of sp³-hybridized carbons (Fsp3) is 0.500. The van der Waals surface area contributed by atoms with Gasteiger partial charge >= 0.3 is 0 Å². The van der Waals surface area contributed by atoms with Crippen LogP contribution >= 0.6 is 0 Å². The second-order valence-corrected chi connectivity index (χ2v) is 5.93. The minimum atomic E-state index is 1.01. The topological polar surface area (TPSA) is 25.8 Å². The standard InChI is InChI=1S/C20H28N2/c1-3-5-7-11-17-14-16-22-20(18(17)12-8-6-4-2)19-13-9-10-15-21-19/h9-10,13-16H,3-8,11-12H2,1-2H3. The molecule has 0 saturated heterocycles. The van der Waals surface area contributed by atoms with Crippen molar-refractivity contribution in [1.29, 1.82) is 0 Å². The van der Waals surface area contributed by atoms with Crippen LogP contribution < -0.4 is 0 Å². The molecule has 2 rings (SSSR count). The Morgan fingerprint density at radius 3 is 2.23 bits per heavy atom. The van der Waals surface area contributed by atoms with Gasteiger partial charge in [0.05, 0.1) is 11.4 Å². The highest BCUT2D eigenvalue weighted by Gasteiger charge is 2.12. The highest BCUT2D eigenvalue weighted by Crippen LogP contribution is 2.25. The van der Waals surface area contributed by atoms with Gasteiger partial charge in [-0.05, 0) is 55.0 Å². The first kappa shape index (κ1) is 16.7. The summed E-state index contributed by atoms with van der Waals surface area (Å²) in [5.74, 6) is 0. The molecule has 0 bridgehead atoms. The van der Waals surface area contributed by atoms with Crippen molar-refractivity contribution in [2.45, 2.75) is 65.2 Å². The Kier molecular flexibility index (Phi) is 7.08. The molecule has 0 aliphatic rings. The van der Waals surface area contributed by atoms with Gasteiger partial charge in [0.15, 0.2) is 0 Å². The number of pyridine rings is 2. The summed E-state index contributed by atoms with van der Waals surface area (Å²) in [7, 11) is 0. The first-order valence-electron chi connectivity index (χ1n) is 8.75. The van der Waals surface area contributed by atoms with E-state index in [1.807, 2.05) is 24.5 Å². The molecule has 0 unspecified atom stereocenters. The fourth-order valence-corrected chi connectivity index (χ4v) is 2.89. The zero-order valence-electron chi connectivity index (χ0n) is 14.0. The van der Waals surface area contributed by atoms with E-state index in [0.29, 0.717) is 0 Å². The van der Waals surface area contributed by atoms with Gasteiger partial charge in [-0.25, -0.2) is 0 Å². The molecule has 0 saturated carbocycles. The molecule has 2 heterocycles. The predicted octanol–water partition coefficient (Wildman–Crippen LogP) is 5.61. The molecule has 118 valence electrons. The number of nitrogens with zero attached hydrogens (tertiary/aromatic N) is 2. The molecule has 22 heavy (non-hydrogen) atoms. The zero-order valence-corrected chi connectivity index (χ0v) is 14.0. The van der Waals surface area contributed by atoms with Crippen LogP contribution in [-0.4, -0.2) is 9.97 Å². The van der Waals surface area contributed by atoms with Gasteiger partial charge in [-0.2, -0.15) is 0 Å². The molecule has 2 nitrogen and oxygen atoms in total. The van der Waals surface area contributed by atoms with Crippen LogP contribution in [0.5, 0.6) is 0 Å². The maximum Gasteiger partial charge on any atom is 0.0920 e. The van der Waals surface area contributed by atoms with Crippen molar-refractivity contribution in [1.82, 2.24) is 9.97 Å². The Hall–Kier alpha value is -1.70. The van der Waals surface area contributed by atoms with E-state index < -0.39 is 0 Å². The molecule has 2 aromatic heterocycles. The Morgan fingerprint density at radius 1 is 0.773 bits per heavy atom. The van der Waals surface area contributed by atoms with Gasteiger partial charge < -0.3 is 0 Å². The van der Waals surface area contributed by atoms with E-state index in [1.54, 1.807) is 0 Å². The summed E-state index contributed by atoms with van der Waals surface area (Å²) >= 11 is 0. The zero-order chi connectivity index (χ0) is 15.6. The van der Waals surface area contributed by atoms with Crippen LogP contribution in [0.25, 0.3) is 11.4 Å². The minimum Gasteiger partial charge on any atom is -0.255 e. The van der Waals surface area contributed by atoms with Gasteiger partial charge in [0, 0.05) is 12.4 Å². The number of rotatable bonds is 9. The SMILES string of the molecule is CCCCCc1ccnc(-c2ccccn2)c1CCCCC. The summed E-state index contributed by atoms with van der Waals surface area (Å²) in [6.45, 7) is 4.51. The van der Waals surface area contributed by atoms with Gasteiger partial charge in [0.1, 0.15) is 0 Å². The van der Waals surface area contributed by atoms with E-state index in [0.717, 1.165) is 24.2 Å². The van der Waals surface area contributed by atoms with E-state index in [9.17, 15) is 0 Å². The summed E-state index contributed by atoms with van der Waals surface area (Å²) in [4.78, 5) is 9.17. The molecule has 0 amide bonds. The highest BCUT2D eigenvalue weighted by molar-refractivity contribution is 5.60. The van der Waals surface area contributed by atoms with Gasteiger partial charge in [-0.15, -0.1) is 0 Å².